The van der Waals surface area contributed by atoms with Crippen LogP contribution < -0.4 is 10.6 Å². The molecule has 78 valence electrons. The number of thiophene rings is 1. The van der Waals surface area contributed by atoms with E-state index in [0.717, 1.165) is 4.88 Å². The van der Waals surface area contributed by atoms with Gasteiger partial charge in [0.2, 0.25) is 0 Å². The van der Waals surface area contributed by atoms with E-state index in [-0.39, 0.29) is 12.6 Å². The molecule has 0 aliphatic carbocycles. The number of aliphatic hydroxyl groups excluding tert-OH is 1. The Morgan fingerprint density at radius 1 is 1.64 bits per heavy atom. The summed E-state index contributed by atoms with van der Waals surface area (Å²) in [7, 11) is 0. The molecule has 1 rings (SSSR count). The zero-order valence-electron chi connectivity index (χ0n) is 7.99. The van der Waals surface area contributed by atoms with E-state index in [1.807, 2.05) is 17.5 Å². The Hall–Kier alpha value is -1.07. The molecule has 0 aliphatic rings. The van der Waals surface area contributed by atoms with E-state index in [9.17, 15) is 4.79 Å². The topological polar surface area (TPSA) is 61.4 Å². The van der Waals surface area contributed by atoms with E-state index in [2.05, 4.69) is 10.6 Å². The van der Waals surface area contributed by atoms with Crippen LogP contribution in [0.1, 0.15) is 11.8 Å². The maximum Gasteiger partial charge on any atom is 0.315 e. The van der Waals surface area contributed by atoms with Crippen molar-refractivity contribution in [3.63, 3.8) is 0 Å². The summed E-state index contributed by atoms with van der Waals surface area (Å²) in [6, 6.07) is 3.65. The summed E-state index contributed by atoms with van der Waals surface area (Å²) in [4.78, 5) is 12.2. The lowest BCUT2D eigenvalue weighted by Crippen LogP contribution is -2.38. The molecule has 0 saturated carbocycles. The van der Waals surface area contributed by atoms with Crippen molar-refractivity contribution in [3.05, 3.63) is 22.4 Å². The quantitative estimate of drug-likeness (QED) is 0.698. The van der Waals surface area contributed by atoms with Crippen LogP contribution in [0.2, 0.25) is 0 Å². The zero-order chi connectivity index (χ0) is 10.4. The van der Waals surface area contributed by atoms with Crippen LogP contribution in [0.4, 0.5) is 4.79 Å². The van der Waals surface area contributed by atoms with E-state index in [1.54, 1.807) is 18.3 Å². The molecule has 1 aromatic heterocycles. The second kappa shape index (κ2) is 5.62. The number of carbonyl (C=O) groups excluding carboxylic acids is 1. The molecule has 1 atom stereocenters. The van der Waals surface area contributed by atoms with Gasteiger partial charge in [-0.25, -0.2) is 4.79 Å². The number of hydrogen-bond acceptors (Lipinski definition) is 3. The third-order valence-corrected chi connectivity index (χ3v) is 2.44. The summed E-state index contributed by atoms with van der Waals surface area (Å²) in [6.07, 6.45) is -0.512. The summed E-state index contributed by atoms with van der Waals surface area (Å²) in [6.45, 7) is 2.43. The summed E-state index contributed by atoms with van der Waals surface area (Å²) in [5, 5.41) is 16.1. The minimum Gasteiger partial charge on any atom is -0.392 e. The number of nitrogens with one attached hydrogen (secondary N) is 2. The van der Waals surface area contributed by atoms with Gasteiger partial charge in [0.15, 0.2) is 0 Å². The van der Waals surface area contributed by atoms with Gasteiger partial charge >= 0.3 is 6.03 Å². The van der Waals surface area contributed by atoms with Gasteiger partial charge in [0, 0.05) is 11.4 Å². The molecule has 0 aliphatic heterocycles. The number of rotatable bonds is 4. The molecule has 1 aromatic rings. The fourth-order valence-corrected chi connectivity index (χ4v) is 1.53. The van der Waals surface area contributed by atoms with Crippen molar-refractivity contribution >= 4 is 17.4 Å². The highest BCUT2D eigenvalue weighted by atomic mass is 32.1. The number of hydrogen-bond donors (Lipinski definition) is 3. The van der Waals surface area contributed by atoms with Gasteiger partial charge in [0.1, 0.15) is 0 Å². The molecule has 0 radical (unpaired) electrons. The van der Waals surface area contributed by atoms with E-state index >= 15 is 0 Å². The van der Waals surface area contributed by atoms with Crippen molar-refractivity contribution in [2.24, 2.45) is 0 Å². The van der Waals surface area contributed by atoms with E-state index in [0.29, 0.717) is 6.54 Å². The Morgan fingerprint density at radius 2 is 2.43 bits per heavy atom. The second-order valence-electron chi connectivity index (χ2n) is 2.99. The molecular weight excluding hydrogens is 200 g/mol. The molecule has 3 N–H and O–H groups in total. The molecule has 0 saturated heterocycles. The Balaban J connectivity index is 2.15. The van der Waals surface area contributed by atoms with Crippen molar-refractivity contribution in [1.82, 2.24) is 10.6 Å². The summed E-state index contributed by atoms with van der Waals surface area (Å²) in [5.74, 6) is 0. The Kier molecular flexibility index (Phi) is 4.42. The van der Waals surface area contributed by atoms with E-state index < -0.39 is 6.10 Å². The molecular formula is C9H14N2O2S. The summed E-state index contributed by atoms with van der Waals surface area (Å²) < 4.78 is 0. The van der Waals surface area contributed by atoms with Crippen LogP contribution in [0.15, 0.2) is 17.5 Å². The number of amides is 2. The van der Waals surface area contributed by atoms with E-state index in [4.69, 9.17) is 5.11 Å². The zero-order valence-corrected chi connectivity index (χ0v) is 8.80. The second-order valence-corrected chi connectivity index (χ2v) is 4.02. The Bertz CT molecular complexity index is 272. The minimum atomic E-state index is -0.512. The van der Waals surface area contributed by atoms with Crippen LogP contribution in [0.3, 0.4) is 0 Å². The first-order valence-corrected chi connectivity index (χ1v) is 5.28. The van der Waals surface area contributed by atoms with Gasteiger partial charge in [-0.3, -0.25) is 0 Å². The van der Waals surface area contributed by atoms with Gasteiger partial charge in [0.25, 0.3) is 0 Å². The van der Waals surface area contributed by atoms with Crippen molar-refractivity contribution in [1.29, 1.82) is 0 Å². The van der Waals surface area contributed by atoms with Crippen LogP contribution >= 0.6 is 11.3 Å². The fraction of sp³-hybridized carbons (Fsp3) is 0.444. The molecule has 1 heterocycles. The molecule has 5 heteroatoms. The van der Waals surface area contributed by atoms with Gasteiger partial charge in [-0.2, -0.15) is 0 Å². The van der Waals surface area contributed by atoms with Crippen molar-refractivity contribution < 1.29 is 9.90 Å². The Morgan fingerprint density at radius 3 is 3.00 bits per heavy atom. The average molecular weight is 214 g/mol. The minimum absolute atomic E-state index is 0.251. The summed E-state index contributed by atoms with van der Waals surface area (Å²) in [5.41, 5.74) is 0. The van der Waals surface area contributed by atoms with E-state index in [1.165, 1.54) is 0 Å². The molecule has 2 amide bonds. The van der Waals surface area contributed by atoms with Gasteiger partial charge in [-0.1, -0.05) is 6.07 Å². The predicted octanol–water partition coefficient (Wildman–Crippen LogP) is 0.928. The highest BCUT2D eigenvalue weighted by Crippen LogP contribution is 2.06. The first-order valence-electron chi connectivity index (χ1n) is 4.40. The lowest BCUT2D eigenvalue weighted by atomic mass is 10.4. The molecule has 0 aromatic carbocycles. The maximum atomic E-state index is 11.1. The van der Waals surface area contributed by atoms with Crippen LogP contribution in [-0.4, -0.2) is 23.8 Å². The largest absolute Gasteiger partial charge is 0.392 e. The average Bonchev–Trinajstić information content (AvgIpc) is 2.63. The predicted molar refractivity (Wildman–Crippen MR) is 56.2 cm³/mol. The smallest absolute Gasteiger partial charge is 0.315 e. The van der Waals surface area contributed by atoms with Crippen LogP contribution in [0.25, 0.3) is 0 Å². The van der Waals surface area contributed by atoms with Crippen LogP contribution in [0.5, 0.6) is 0 Å². The van der Waals surface area contributed by atoms with Crippen LogP contribution in [0, 0.1) is 0 Å². The maximum absolute atomic E-state index is 11.1. The lowest BCUT2D eigenvalue weighted by molar-refractivity contribution is 0.187. The number of carbonyl (C=O) groups is 1. The third kappa shape index (κ3) is 4.25. The summed E-state index contributed by atoms with van der Waals surface area (Å²) >= 11 is 1.60. The monoisotopic (exact) mass is 214 g/mol. The highest BCUT2D eigenvalue weighted by molar-refractivity contribution is 7.09. The molecule has 1 unspecified atom stereocenters. The van der Waals surface area contributed by atoms with Gasteiger partial charge in [-0.05, 0) is 18.4 Å². The van der Waals surface area contributed by atoms with Gasteiger partial charge in [0.05, 0.1) is 12.6 Å². The molecule has 14 heavy (non-hydrogen) atoms. The SMILES string of the molecule is CC(O)CNC(=O)NCc1cccs1. The third-order valence-electron chi connectivity index (χ3n) is 1.56. The van der Waals surface area contributed by atoms with Crippen molar-refractivity contribution in [2.45, 2.75) is 19.6 Å². The highest BCUT2D eigenvalue weighted by Gasteiger charge is 2.01. The molecule has 4 nitrogen and oxygen atoms in total. The Labute approximate surface area is 87.0 Å². The van der Waals surface area contributed by atoms with Crippen molar-refractivity contribution in [3.8, 4) is 0 Å². The first-order chi connectivity index (χ1) is 6.68. The fourth-order valence-electron chi connectivity index (χ4n) is 0.883. The van der Waals surface area contributed by atoms with Crippen molar-refractivity contribution in [2.75, 3.05) is 6.54 Å². The first kappa shape index (κ1) is 11.0. The molecule has 0 fully saturated rings. The van der Waals surface area contributed by atoms with Gasteiger partial charge < -0.3 is 15.7 Å². The normalized spacial score (nSPS) is 12.1. The van der Waals surface area contributed by atoms with Crippen LogP contribution in [-0.2, 0) is 6.54 Å². The lowest BCUT2D eigenvalue weighted by Gasteiger charge is -2.07. The number of aliphatic hydroxyl groups is 1. The van der Waals surface area contributed by atoms with Gasteiger partial charge in [-0.15, -0.1) is 11.3 Å². The standard InChI is InChI=1S/C9H14N2O2S/c1-7(12)5-10-9(13)11-6-8-3-2-4-14-8/h2-4,7,12H,5-6H2,1H3,(H2,10,11,13). The molecule has 0 bridgehead atoms. The molecule has 0 spiro atoms. The number of urea groups is 1.